The molecule has 3 nitrogen and oxygen atoms in total. The lowest BCUT2D eigenvalue weighted by Gasteiger charge is -2.29. The van der Waals surface area contributed by atoms with E-state index in [2.05, 4.69) is 5.32 Å². The highest BCUT2D eigenvalue weighted by atomic mass is 35.5. The van der Waals surface area contributed by atoms with Crippen LogP contribution in [0, 0.1) is 0 Å². The van der Waals surface area contributed by atoms with Gasteiger partial charge in [0.25, 0.3) is 0 Å². The number of halogens is 4. The van der Waals surface area contributed by atoms with Gasteiger partial charge in [0.05, 0.1) is 5.56 Å². The summed E-state index contributed by atoms with van der Waals surface area (Å²) in [5, 5.41) is 3.27. The van der Waals surface area contributed by atoms with Crippen LogP contribution in [0.3, 0.4) is 0 Å². The fourth-order valence-electron chi connectivity index (χ4n) is 3.15. The van der Waals surface area contributed by atoms with Crippen molar-refractivity contribution in [1.82, 2.24) is 10.2 Å². The maximum absolute atomic E-state index is 12.6. The van der Waals surface area contributed by atoms with Gasteiger partial charge in [-0.15, -0.1) is 12.4 Å². The van der Waals surface area contributed by atoms with E-state index in [1.807, 2.05) is 18.7 Å². The first-order valence-electron chi connectivity index (χ1n) is 8.50. The van der Waals surface area contributed by atoms with E-state index in [9.17, 15) is 18.0 Å². The molecule has 1 heterocycles. The van der Waals surface area contributed by atoms with Gasteiger partial charge in [0.1, 0.15) is 0 Å². The maximum atomic E-state index is 12.6. The van der Waals surface area contributed by atoms with E-state index in [0.717, 1.165) is 50.2 Å². The summed E-state index contributed by atoms with van der Waals surface area (Å²) in [4.78, 5) is 14.6. The number of amides is 1. The second-order valence-electron chi connectivity index (χ2n) is 6.46. The fourth-order valence-corrected chi connectivity index (χ4v) is 3.15. The Bertz CT molecular complexity index is 542. The van der Waals surface area contributed by atoms with Crippen LogP contribution in [0.4, 0.5) is 13.2 Å². The predicted octanol–water partition coefficient (Wildman–Crippen LogP) is 4.22. The Kier molecular flexibility index (Phi) is 8.22. The number of rotatable bonds is 6. The van der Waals surface area contributed by atoms with E-state index in [1.165, 1.54) is 12.1 Å². The van der Waals surface area contributed by atoms with E-state index in [4.69, 9.17) is 0 Å². The monoisotopic (exact) mass is 378 g/mol. The van der Waals surface area contributed by atoms with Gasteiger partial charge in [-0.2, -0.15) is 13.2 Å². The molecule has 1 N–H and O–H groups in total. The van der Waals surface area contributed by atoms with Gasteiger partial charge in [-0.25, -0.2) is 0 Å². The molecule has 142 valence electrons. The molecule has 0 aliphatic carbocycles. The molecule has 0 spiro atoms. The van der Waals surface area contributed by atoms with E-state index in [1.54, 1.807) is 0 Å². The van der Waals surface area contributed by atoms with Crippen LogP contribution in [-0.4, -0.2) is 36.5 Å². The summed E-state index contributed by atoms with van der Waals surface area (Å²) in [6, 6.07) is 5.35. The number of carbonyl (C=O) groups excluding carboxylic acids is 1. The molecule has 1 aliphatic heterocycles. The number of nitrogens with zero attached hydrogens (tertiary/aromatic N) is 1. The molecule has 2 atom stereocenters. The van der Waals surface area contributed by atoms with Crippen molar-refractivity contribution in [2.75, 3.05) is 19.6 Å². The van der Waals surface area contributed by atoms with Crippen LogP contribution < -0.4 is 5.32 Å². The summed E-state index contributed by atoms with van der Waals surface area (Å²) >= 11 is 0. The molecule has 1 saturated heterocycles. The molecule has 0 aromatic heterocycles. The third-order valence-electron chi connectivity index (χ3n) is 4.55. The third-order valence-corrected chi connectivity index (χ3v) is 4.55. The molecule has 1 fully saturated rings. The summed E-state index contributed by atoms with van der Waals surface area (Å²) in [5.41, 5.74) is 0.103. The molecular weight excluding hydrogens is 353 g/mol. The lowest BCUT2D eigenvalue weighted by atomic mass is 9.95. The molecule has 1 aromatic rings. The zero-order valence-electron chi connectivity index (χ0n) is 14.6. The summed E-state index contributed by atoms with van der Waals surface area (Å²) in [5.74, 6) is -0.0218. The van der Waals surface area contributed by atoms with Crippen LogP contribution in [0.25, 0.3) is 0 Å². The third kappa shape index (κ3) is 5.89. The average Bonchev–Trinajstić information content (AvgIpc) is 3.05. The highest BCUT2D eigenvalue weighted by Gasteiger charge is 2.30. The molecule has 0 bridgehead atoms. The number of carbonyl (C=O) groups is 1. The van der Waals surface area contributed by atoms with Gasteiger partial charge in [0.15, 0.2) is 0 Å². The van der Waals surface area contributed by atoms with Gasteiger partial charge in [0, 0.05) is 25.6 Å². The molecule has 1 aromatic carbocycles. The van der Waals surface area contributed by atoms with Crippen molar-refractivity contribution < 1.29 is 18.0 Å². The van der Waals surface area contributed by atoms with Crippen molar-refractivity contribution >= 4 is 18.3 Å². The predicted molar refractivity (Wildman–Crippen MR) is 95.0 cm³/mol. The smallest absolute Gasteiger partial charge is 0.338 e. The van der Waals surface area contributed by atoms with Crippen molar-refractivity contribution in [2.45, 2.75) is 51.2 Å². The zero-order valence-corrected chi connectivity index (χ0v) is 15.4. The van der Waals surface area contributed by atoms with Crippen molar-refractivity contribution in [3.8, 4) is 0 Å². The molecule has 2 unspecified atom stereocenters. The molecule has 1 amide bonds. The van der Waals surface area contributed by atoms with Crippen LogP contribution in [0.2, 0.25) is 0 Å². The maximum Gasteiger partial charge on any atom is 0.416 e. The molecule has 1 aliphatic rings. The van der Waals surface area contributed by atoms with Gasteiger partial charge in [-0.3, -0.25) is 4.79 Å². The number of nitrogens with one attached hydrogen (secondary N) is 1. The second-order valence-corrected chi connectivity index (χ2v) is 6.46. The van der Waals surface area contributed by atoms with Gasteiger partial charge < -0.3 is 10.2 Å². The lowest BCUT2D eigenvalue weighted by molar-refractivity contribution is -0.137. The Balaban J connectivity index is 0.00000312. The first-order chi connectivity index (χ1) is 11.3. The fraction of sp³-hybridized carbons (Fsp3) is 0.611. The normalized spacial score (nSPS) is 18.5. The topological polar surface area (TPSA) is 32.3 Å². The van der Waals surface area contributed by atoms with E-state index >= 15 is 0 Å². The minimum absolute atomic E-state index is 0. The SMILES string of the molecule is CCCN(C(=O)CC(C)c1ccc(C(F)(F)F)cc1)C1CCNC1.Cl. The van der Waals surface area contributed by atoms with Crippen LogP contribution >= 0.6 is 12.4 Å². The molecule has 2 rings (SSSR count). The Labute approximate surface area is 153 Å². The van der Waals surface area contributed by atoms with Crippen LogP contribution in [0.5, 0.6) is 0 Å². The van der Waals surface area contributed by atoms with Gasteiger partial charge in [-0.05, 0) is 43.0 Å². The minimum Gasteiger partial charge on any atom is -0.338 e. The van der Waals surface area contributed by atoms with Crippen molar-refractivity contribution in [3.63, 3.8) is 0 Å². The lowest BCUT2D eigenvalue weighted by Crippen LogP contribution is -2.42. The van der Waals surface area contributed by atoms with Gasteiger partial charge in [0.2, 0.25) is 5.91 Å². The van der Waals surface area contributed by atoms with E-state index < -0.39 is 11.7 Å². The summed E-state index contributed by atoms with van der Waals surface area (Å²) in [6.07, 6.45) is -2.15. The van der Waals surface area contributed by atoms with Crippen LogP contribution in [0.1, 0.15) is 50.2 Å². The second kappa shape index (κ2) is 9.43. The first-order valence-corrected chi connectivity index (χ1v) is 8.50. The first kappa shape index (κ1) is 21.8. The zero-order chi connectivity index (χ0) is 17.7. The summed E-state index contributed by atoms with van der Waals surface area (Å²) in [6.45, 7) is 6.40. The van der Waals surface area contributed by atoms with E-state index in [-0.39, 0.29) is 30.3 Å². The van der Waals surface area contributed by atoms with Gasteiger partial charge >= 0.3 is 6.18 Å². The molecule has 0 saturated carbocycles. The highest BCUT2D eigenvalue weighted by molar-refractivity contribution is 5.85. The largest absolute Gasteiger partial charge is 0.416 e. The number of hydrogen-bond acceptors (Lipinski definition) is 2. The molecule has 0 radical (unpaired) electrons. The number of hydrogen-bond donors (Lipinski definition) is 1. The average molecular weight is 379 g/mol. The number of benzene rings is 1. The Hall–Kier alpha value is -1.27. The molecular formula is C18H26ClF3N2O. The van der Waals surface area contributed by atoms with E-state index in [0.29, 0.717) is 6.42 Å². The van der Waals surface area contributed by atoms with Gasteiger partial charge in [-0.1, -0.05) is 26.0 Å². The number of alkyl halides is 3. The minimum atomic E-state index is -4.33. The molecule has 7 heteroatoms. The Morgan fingerprint density at radius 3 is 2.44 bits per heavy atom. The van der Waals surface area contributed by atoms with Crippen molar-refractivity contribution in [1.29, 1.82) is 0 Å². The van der Waals surface area contributed by atoms with Crippen LogP contribution in [-0.2, 0) is 11.0 Å². The molecule has 25 heavy (non-hydrogen) atoms. The quantitative estimate of drug-likeness (QED) is 0.803. The van der Waals surface area contributed by atoms with Crippen molar-refractivity contribution in [3.05, 3.63) is 35.4 Å². The Morgan fingerprint density at radius 1 is 1.32 bits per heavy atom. The summed E-state index contributed by atoms with van der Waals surface area (Å²) < 4.78 is 37.9. The summed E-state index contributed by atoms with van der Waals surface area (Å²) in [7, 11) is 0. The van der Waals surface area contributed by atoms with Crippen molar-refractivity contribution in [2.24, 2.45) is 0 Å². The highest BCUT2D eigenvalue weighted by Crippen LogP contribution is 2.31. The van der Waals surface area contributed by atoms with Crippen LogP contribution in [0.15, 0.2) is 24.3 Å². The standard InChI is InChI=1S/C18H25F3N2O.ClH/c1-3-10-23(16-8-9-22-12-16)17(24)11-13(2)14-4-6-15(7-5-14)18(19,20)21;/h4-7,13,16,22H,3,8-12H2,1-2H3;1H. The Morgan fingerprint density at radius 2 is 1.96 bits per heavy atom.